The molecule has 0 aliphatic rings. The van der Waals surface area contributed by atoms with Gasteiger partial charge in [0.25, 0.3) is 0 Å². The monoisotopic (exact) mass is 376 g/mol. The van der Waals surface area contributed by atoms with Gasteiger partial charge >= 0.3 is 0 Å². The summed E-state index contributed by atoms with van der Waals surface area (Å²) in [6, 6.07) is 0. The Balaban J connectivity index is 3.47. The highest BCUT2D eigenvalue weighted by atomic mass is 33.1. The van der Waals surface area contributed by atoms with Gasteiger partial charge in [0.1, 0.15) is 12.0 Å². The largest absolute Gasteiger partial charge is 0.369 e. The molecule has 0 radical (unpaired) electrons. The van der Waals surface area contributed by atoms with E-state index in [4.69, 9.17) is 9.47 Å². The van der Waals surface area contributed by atoms with E-state index in [2.05, 4.69) is 22.5 Å². The summed E-state index contributed by atoms with van der Waals surface area (Å²) in [5.74, 6) is 6.11. The fraction of sp³-hybridized carbons (Fsp3) is 0.750. The minimum Gasteiger partial charge on any atom is -0.369 e. The molecule has 2 amide bonds. The quantitative estimate of drug-likeness (QED) is 0.235. The first kappa shape index (κ1) is 23.1. The fourth-order valence-corrected chi connectivity index (χ4v) is 3.02. The van der Waals surface area contributed by atoms with Crippen molar-refractivity contribution in [3.63, 3.8) is 0 Å². The second-order valence-corrected chi connectivity index (χ2v) is 7.69. The van der Waals surface area contributed by atoms with E-state index in [9.17, 15) is 9.59 Å². The Labute approximate surface area is 153 Å². The van der Waals surface area contributed by atoms with Gasteiger partial charge < -0.3 is 20.1 Å². The Morgan fingerprint density at radius 2 is 1.88 bits per heavy atom. The summed E-state index contributed by atoms with van der Waals surface area (Å²) in [7, 11) is 3.07. The van der Waals surface area contributed by atoms with Crippen LogP contribution in [0.5, 0.6) is 0 Å². The van der Waals surface area contributed by atoms with Crippen molar-refractivity contribution in [2.45, 2.75) is 39.6 Å². The van der Waals surface area contributed by atoms with Gasteiger partial charge in [0.05, 0.1) is 25.6 Å². The topological polar surface area (TPSA) is 76.7 Å². The molecule has 0 aromatic heterocycles. The van der Waals surface area contributed by atoms with E-state index in [-0.39, 0.29) is 29.8 Å². The lowest BCUT2D eigenvalue weighted by molar-refractivity contribution is -0.126. The molecule has 0 aromatic carbocycles. The second-order valence-electron chi connectivity index (χ2n) is 5.03. The van der Waals surface area contributed by atoms with Crippen LogP contribution >= 0.6 is 21.6 Å². The number of hydrogen-bond donors (Lipinski definition) is 2. The highest BCUT2D eigenvalue weighted by Gasteiger charge is 2.07. The van der Waals surface area contributed by atoms with Gasteiger partial charge in [0.15, 0.2) is 0 Å². The third kappa shape index (κ3) is 14.7. The number of carbonyl (C=O) groups is 2. The minimum absolute atomic E-state index is 0.00249. The van der Waals surface area contributed by atoms with Gasteiger partial charge in [0, 0.05) is 12.3 Å². The van der Waals surface area contributed by atoms with Crippen molar-refractivity contribution >= 4 is 33.4 Å². The maximum absolute atomic E-state index is 11.4. The zero-order chi connectivity index (χ0) is 18.2. The summed E-state index contributed by atoms with van der Waals surface area (Å²) >= 11 is 0. The zero-order valence-electron chi connectivity index (χ0n) is 14.8. The summed E-state index contributed by atoms with van der Waals surface area (Å²) in [4.78, 5) is 22.8. The molecule has 0 aliphatic heterocycles. The van der Waals surface area contributed by atoms with Gasteiger partial charge in [-0.15, -0.1) is 5.92 Å². The first-order valence-corrected chi connectivity index (χ1v) is 10.3. The van der Waals surface area contributed by atoms with Gasteiger partial charge in [0.2, 0.25) is 11.8 Å². The lowest BCUT2D eigenvalue weighted by atomic mass is 10.2. The highest BCUT2D eigenvalue weighted by molar-refractivity contribution is 8.76. The van der Waals surface area contributed by atoms with Crippen LogP contribution in [0.4, 0.5) is 0 Å². The Kier molecular flexibility index (Phi) is 15.1. The number of amides is 2. The normalized spacial score (nSPS) is 11.5. The molecule has 0 aliphatic carbocycles. The van der Waals surface area contributed by atoms with Crippen LogP contribution in [0.15, 0.2) is 0 Å². The van der Waals surface area contributed by atoms with E-state index in [1.807, 2.05) is 27.7 Å². The van der Waals surface area contributed by atoms with Gasteiger partial charge in [-0.25, -0.2) is 0 Å². The summed E-state index contributed by atoms with van der Waals surface area (Å²) in [5, 5.41) is 5.47. The standard InChI is InChI=1S/C16H28N2O4S2/c1-5-6-7-8-17-15(19)11-21-9-10-22-14(4)24-23-12-18-16(20)13(2)3/h13-14H,5,8-12H2,1-4H3,(H,17,19)(H,18,20). The minimum atomic E-state index is -0.181. The van der Waals surface area contributed by atoms with Gasteiger partial charge in [-0.05, 0) is 6.92 Å². The van der Waals surface area contributed by atoms with Crippen LogP contribution in [0.3, 0.4) is 0 Å². The molecule has 6 nitrogen and oxygen atoms in total. The molecule has 0 aromatic rings. The summed E-state index contributed by atoms with van der Waals surface area (Å²) in [6.45, 7) is 8.73. The van der Waals surface area contributed by atoms with Crippen molar-refractivity contribution in [1.82, 2.24) is 10.6 Å². The third-order valence-electron chi connectivity index (χ3n) is 2.52. The second kappa shape index (κ2) is 15.6. The van der Waals surface area contributed by atoms with Crippen LogP contribution in [0.2, 0.25) is 0 Å². The maximum Gasteiger partial charge on any atom is 0.246 e. The number of carbonyl (C=O) groups excluding carboxylic acids is 2. The molecule has 0 rings (SSSR count). The van der Waals surface area contributed by atoms with Gasteiger partial charge in [-0.1, -0.05) is 48.3 Å². The zero-order valence-corrected chi connectivity index (χ0v) is 16.5. The van der Waals surface area contributed by atoms with Crippen molar-refractivity contribution in [2.24, 2.45) is 5.92 Å². The SMILES string of the molecule is CCC#CCNC(=O)COCCOC(C)SSCNC(=O)C(C)C. The molecule has 1 atom stereocenters. The molecule has 138 valence electrons. The molecule has 0 bridgehead atoms. The van der Waals surface area contributed by atoms with E-state index in [1.165, 1.54) is 21.6 Å². The lowest BCUT2D eigenvalue weighted by Gasteiger charge is -2.13. The van der Waals surface area contributed by atoms with Crippen LogP contribution in [0.1, 0.15) is 34.1 Å². The van der Waals surface area contributed by atoms with Crippen molar-refractivity contribution in [2.75, 3.05) is 32.2 Å². The van der Waals surface area contributed by atoms with E-state index in [1.54, 1.807) is 0 Å². The van der Waals surface area contributed by atoms with Crippen molar-refractivity contribution in [3.8, 4) is 11.8 Å². The van der Waals surface area contributed by atoms with Crippen LogP contribution in [-0.2, 0) is 19.1 Å². The first-order valence-electron chi connectivity index (χ1n) is 7.95. The molecule has 0 saturated heterocycles. The molecule has 24 heavy (non-hydrogen) atoms. The molecule has 2 N–H and O–H groups in total. The molecule has 0 fully saturated rings. The van der Waals surface area contributed by atoms with Crippen LogP contribution < -0.4 is 10.6 Å². The number of nitrogens with one attached hydrogen (secondary N) is 2. The Morgan fingerprint density at radius 3 is 2.54 bits per heavy atom. The Bertz CT molecular complexity index is 422. The van der Waals surface area contributed by atoms with E-state index < -0.39 is 0 Å². The lowest BCUT2D eigenvalue weighted by Crippen LogP contribution is -2.28. The summed E-state index contributed by atoms with van der Waals surface area (Å²) in [6.07, 6.45) is 0.780. The summed E-state index contributed by atoms with van der Waals surface area (Å²) < 4.78 is 10.8. The smallest absolute Gasteiger partial charge is 0.246 e. The van der Waals surface area contributed by atoms with Crippen LogP contribution in [-0.4, -0.2) is 49.5 Å². The number of rotatable bonds is 12. The molecule has 0 spiro atoms. The number of ether oxygens (including phenoxy) is 2. The predicted molar refractivity (Wildman–Crippen MR) is 100 cm³/mol. The van der Waals surface area contributed by atoms with Crippen molar-refractivity contribution in [3.05, 3.63) is 0 Å². The predicted octanol–water partition coefficient (Wildman–Crippen LogP) is 2.01. The van der Waals surface area contributed by atoms with E-state index in [0.717, 1.165) is 6.42 Å². The average molecular weight is 377 g/mol. The highest BCUT2D eigenvalue weighted by Crippen LogP contribution is 2.26. The van der Waals surface area contributed by atoms with Crippen molar-refractivity contribution in [1.29, 1.82) is 0 Å². The molecular weight excluding hydrogens is 348 g/mol. The molecule has 0 saturated carbocycles. The molecular formula is C16H28N2O4S2. The maximum atomic E-state index is 11.4. The fourth-order valence-electron chi connectivity index (χ4n) is 1.28. The van der Waals surface area contributed by atoms with E-state index >= 15 is 0 Å². The first-order chi connectivity index (χ1) is 11.5. The van der Waals surface area contributed by atoms with Crippen LogP contribution in [0.25, 0.3) is 0 Å². The van der Waals surface area contributed by atoms with Crippen LogP contribution in [0, 0.1) is 17.8 Å². The van der Waals surface area contributed by atoms with Gasteiger partial charge in [-0.3, -0.25) is 9.59 Å². The van der Waals surface area contributed by atoms with E-state index in [0.29, 0.717) is 25.6 Å². The Hall–Kier alpha value is -0.880. The summed E-state index contributed by atoms with van der Waals surface area (Å²) in [5.41, 5.74) is -0.0207. The van der Waals surface area contributed by atoms with Gasteiger partial charge in [-0.2, -0.15) is 0 Å². The average Bonchev–Trinajstić information content (AvgIpc) is 2.55. The Morgan fingerprint density at radius 1 is 1.12 bits per heavy atom. The van der Waals surface area contributed by atoms with Crippen molar-refractivity contribution < 1.29 is 19.1 Å². The number of hydrogen-bond acceptors (Lipinski definition) is 6. The molecule has 8 heteroatoms. The molecule has 1 unspecified atom stereocenters. The molecule has 0 heterocycles. The third-order valence-corrected chi connectivity index (χ3v) is 4.90.